The van der Waals surface area contributed by atoms with Crippen molar-refractivity contribution in [3.05, 3.63) is 71.8 Å². The fourth-order valence-corrected chi connectivity index (χ4v) is 1.87. The lowest BCUT2D eigenvalue weighted by Crippen LogP contribution is -2.00. The van der Waals surface area contributed by atoms with Gasteiger partial charge in [0.1, 0.15) is 0 Å². The third-order valence-electron chi connectivity index (χ3n) is 2.88. The molecule has 0 unspecified atom stereocenters. The molecule has 0 aliphatic rings. The van der Waals surface area contributed by atoms with Gasteiger partial charge in [-0.15, -0.1) is 0 Å². The molecule has 17 heavy (non-hydrogen) atoms. The lowest BCUT2D eigenvalue weighted by atomic mass is 10.1. The van der Waals surface area contributed by atoms with Crippen molar-refractivity contribution in [2.75, 3.05) is 5.32 Å². The molecule has 0 spiro atoms. The molecule has 0 heterocycles. The van der Waals surface area contributed by atoms with Gasteiger partial charge in [-0.1, -0.05) is 55.1 Å². The molecule has 0 bridgehead atoms. The molecule has 2 aromatic rings. The fourth-order valence-electron chi connectivity index (χ4n) is 1.87. The molecule has 1 N–H and O–H groups in total. The van der Waals surface area contributed by atoms with Crippen molar-refractivity contribution in [3.63, 3.8) is 0 Å². The third kappa shape index (κ3) is 2.56. The van der Waals surface area contributed by atoms with Crippen LogP contribution in [0.25, 0.3) is 5.70 Å². The molecule has 2 rings (SSSR count). The van der Waals surface area contributed by atoms with E-state index in [1.807, 2.05) is 18.2 Å². The van der Waals surface area contributed by atoms with E-state index in [1.54, 1.807) is 0 Å². The molecule has 0 saturated heterocycles. The summed E-state index contributed by atoms with van der Waals surface area (Å²) in [5.41, 5.74) is 5.68. The summed E-state index contributed by atoms with van der Waals surface area (Å²) >= 11 is 0. The van der Waals surface area contributed by atoms with Gasteiger partial charge in [-0.3, -0.25) is 0 Å². The van der Waals surface area contributed by atoms with Crippen LogP contribution in [0.5, 0.6) is 0 Å². The van der Waals surface area contributed by atoms with Gasteiger partial charge >= 0.3 is 0 Å². The van der Waals surface area contributed by atoms with Gasteiger partial charge < -0.3 is 5.32 Å². The second kappa shape index (κ2) is 4.88. The predicted molar refractivity (Wildman–Crippen MR) is 75.0 cm³/mol. The molecule has 0 aliphatic carbocycles. The summed E-state index contributed by atoms with van der Waals surface area (Å²) in [7, 11) is 0. The molecule has 1 heteroatoms. The minimum Gasteiger partial charge on any atom is -0.355 e. The summed E-state index contributed by atoms with van der Waals surface area (Å²) in [6, 6.07) is 16.4. The van der Waals surface area contributed by atoms with Gasteiger partial charge in [-0.05, 0) is 30.5 Å². The first-order valence-electron chi connectivity index (χ1n) is 5.76. The minimum atomic E-state index is 0.933. The van der Waals surface area contributed by atoms with Crippen molar-refractivity contribution in [2.24, 2.45) is 0 Å². The Kier molecular flexibility index (Phi) is 3.29. The first-order valence-corrected chi connectivity index (χ1v) is 5.76. The molecule has 0 amide bonds. The van der Waals surface area contributed by atoms with E-state index in [0.717, 1.165) is 16.9 Å². The maximum absolute atomic E-state index is 4.09. The monoisotopic (exact) mass is 223 g/mol. The molecular weight excluding hydrogens is 206 g/mol. The maximum Gasteiger partial charge on any atom is 0.0443 e. The van der Waals surface area contributed by atoms with E-state index in [9.17, 15) is 0 Å². The Bertz CT molecular complexity index is 506. The zero-order valence-corrected chi connectivity index (χ0v) is 10.3. The number of rotatable bonds is 3. The van der Waals surface area contributed by atoms with Crippen molar-refractivity contribution in [1.29, 1.82) is 0 Å². The molecule has 0 atom stereocenters. The van der Waals surface area contributed by atoms with Gasteiger partial charge in [0.2, 0.25) is 0 Å². The van der Waals surface area contributed by atoms with Crippen molar-refractivity contribution in [2.45, 2.75) is 13.8 Å². The lowest BCUT2D eigenvalue weighted by molar-refractivity contribution is 1.36. The smallest absolute Gasteiger partial charge is 0.0443 e. The zero-order chi connectivity index (χ0) is 12.3. The van der Waals surface area contributed by atoms with Crippen LogP contribution in [-0.4, -0.2) is 0 Å². The Morgan fingerprint density at radius 2 is 1.47 bits per heavy atom. The molecule has 0 aliphatic heterocycles. The molecule has 2 aromatic carbocycles. The van der Waals surface area contributed by atoms with Crippen LogP contribution in [0.1, 0.15) is 16.7 Å². The SMILES string of the molecule is C=C(Nc1c(C)cccc1C)c1ccccc1. The lowest BCUT2D eigenvalue weighted by Gasteiger charge is -2.14. The summed E-state index contributed by atoms with van der Waals surface area (Å²) in [6.07, 6.45) is 0. The minimum absolute atomic E-state index is 0.933. The highest BCUT2D eigenvalue weighted by atomic mass is 14.9. The van der Waals surface area contributed by atoms with E-state index in [-0.39, 0.29) is 0 Å². The summed E-state index contributed by atoms with van der Waals surface area (Å²) in [5, 5.41) is 3.40. The fraction of sp³-hybridized carbons (Fsp3) is 0.125. The van der Waals surface area contributed by atoms with E-state index in [4.69, 9.17) is 0 Å². The highest BCUT2D eigenvalue weighted by Gasteiger charge is 2.04. The highest BCUT2D eigenvalue weighted by Crippen LogP contribution is 2.23. The third-order valence-corrected chi connectivity index (χ3v) is 2.88. The van der Waals surface area contributed by atoms with Crippen LogP contribution in [0.15, 0.2) is 55.1 Å². The molecule has 0 aromatic heterocycles. The van der Waals surface area contributed by atoms with Crippen LogP contribution in [-0.2, 0) is 0 Å². The van der Waals surface area contributed by atoms with Crippen molar-refractivity contribution in [1.82, 2.24) is 0 Å². The van der Waals surface area contributed by atoms with Gasteiger partial charge in [0.05, 0.1) is 0 Å². The summed E-state index contributed by atoms with van der Waals surface area (Å²) < 4.78 is 0. The first-order chi connectivity index (χ1) is 8.18. The summed E-state index contributed by atoms with van der Waals surface area (Å²) in [6.45, 7) is 8.30. The van der Waals surface area contributed by atoms with Crippen molar-refractivity contribution < 1.29 is 0 Å². The normalized spacial score (nSPS) is 10.0. The topological polar surface area (TPSA) is 12.0 Å². The summed E-state index contributed by atoms with van der Waals surface area (Å²) in [5.74, 6) is 0. The van der Waals surface area contributed by atoms with Crippen LogP contribution in [0.3, 0.4) is 0 Å². The van der Waals surface area contributed by atoms with Gasteiger partial charge in [0.15, 0.2) is 0 Å². The quantitative estimate of drug-likeness (QED) is 0.814. The Balaban J connectivity index is 2.25. The Hall–Kier alpha value is -2.02. The van der Waals surface area contributed by atoms with Crippen molar-refractivity contribution >= 4 is 11.4 Å². The van der Waals surface area contributed by atoms with E-state index >= 15 is 0 Å². The van der Waals surface area contributed by atoms with Gasteiger partial charge in [-0.25, -0.2) is 0 Å². The highest BCUT2D eigenvalue weighted by molar-refractivity contribution is 5.77. The number of anilines is 1. The molecule has 0 radical (unpaired) electrons. The van der Waals surface area contributed by atoms with Gasteiger partial charge in [0.25, 0.3) is 0 Å². The Labute approximate surface area is 103 Å². The average molecular weight is 223 g/mol. The van der Waals surface area contributed by atoms with Crippen LogP contribution in [0, 0.1) is 13.8 Å². The number of para-hydroxylation sites is 1. The molecule has 86 valence electrons. The molecular formula is C16H17N. The van der Waals surface area contributed by atoms with E-state index in [0.29, 0.717) is 0 Å². The van der Waals surface area contributed by atoms with Crippen LogP contribution >= 0.6 is 0 Å². The largest absolute Gasteiger partial charge is 0.355 e. The molecule has 1 nitrogen and oxygen atoms in total. The second-order valence-corrected chi connectivity index (χ2v) is 4.24. The molecule has 0 saturated carbocycles. The van der Waals surface area contributed by atoms with Crippen LogP contribution < -0.4 is 5.32 Å². The van der Waals surface area contributed by atoms with Crippen LogP contribution in [0.2, 0.25) is 0 Å². The first kappa shape index (κ1) is 11.5. The second-order valence-electron chi connectivity index (χ2n) is 4.24. The Morgan fingerprint density at radius 1 is 0.882 bits per heavy atom. The van der Waals surface area contributed by atoms with E-state index < -0.39 is 0 Å². The zero-order valence-electron chi connectivity index (χ0n) is 10.3. The van der Waals surface area contributed by atoms with Crippen molar-refractivity contribution in [3.8, 4) is 0 Å². The number of benzene rings is 2. The van der Waals surface area contributed by atoms with Crippen LogP contribution in [0.4, 0.5) is 5.69 Å². The van der Waals surface area contributed by atoms with Gasteiger partial charge in [0, 0.05) is 11.4 Å². The number of aryl methyl sites for hydroxylation is 2. The maximum atomic E-state index is 4.09. The number of hydrogen-bond donors (Lipinski definition) is 1. The molecule has 0 fully saturated rings. The van der Waals surface area contributed by atoms with Gasteiger partial charge in [-0.2, -0.15) is 0 Å². The predicted octanol–water partition coefficient (Wildman–Crippen LogP) is 4.39. The Morgan fingerprint density at radius 3 is 2.06 bits per heavy atom. The number of nitrogens with one attached hydrogen (secondary N) is 1. The van der Waals surface area contributed by atoms with E-state index in [1.165, 1.54) is 11.1 Å². The standard InChI is InChI=1S/C16H17N/c1-12-8-7-9-13(2)16(12)17-14(3)15-10-5-4-6-11-15/h4-11,17H,3H2,1-2H3. The van der Waals surface area contributed by atoms with E-state index in [2.05, 4.69) is 56.1 Å². The summed E-state index contributed by atoms with van der Waals surface area (Å²) in [4.78, 5) is 0. The average Bonchev–Trinajstić information content (AvgIpc) is 2.35. The number of hydrogen-bond acceptors (Lipinski definition) is 1.